The summed E-state index contributed by atoms with van der Waals surface area (Å²) < 4.78 is 5.79. The summed E-state index contributed by atoms with van der Waals surface area (Å²) >= 11 is 0. The maximum Gasteiger partial charge on any atom is 0.173 e. The number of nitrogens with two attached hydrogens (primary N) is 1. The number of fused-ring (bicyclic) bond motifs is 3. The van der Waals surface area contributed by atoms with Gasteiger partial charge >= 0.3 is 0 Å². The zero-order chi connectivity index (χ0) is 11.8. The van der Waals surface area contributed by atoms with Crippen LogP contribution in [0.1, 0.15) is 12.0 Å². The minimum absolute atomic E-state index is 0.472. The molecule has 2 aliphatic rings. The van der Waals surface area contributed by atoms with Crippen molar-refractivity contribution in [3.05, 3.63) is 11.6 Å². The maximum atomic E-state index is 5.91. The highest BCUT2D eigenvalue weighted by Gasteiger charge is 2.29. The van der Waals surface area contributed by atoms with Gasteiger partial charge in [0.2, 0.25) is 0 Å². The lowest BCUT2D eigenvalue weighted by Crippen LogP contribution is -2.51. The molecule has 0 spiro atoms. The number of pyridine rings is 1. The maximum absolute atomic E-state index is 5.91. The van der Waals surface area contributed by atoms with Gasteiger partial charge in [-0.25, -0.2) is 4.98 Å². The molecule has 0 bridgehead atoms. The minimum atomic E-state index is 0.472. The topological polar surface area (TPSA) is 63.4 Å². The zero-order valence-corrected chi connectivity index (χ0v) is 10.1. The standard InChI is InChI=1S/C12H18N4O/c1-8-6-10-12(15-11(8)13)16-4-3-14-7-9(16)2-5-17-10/h6,9,14H,2-5,7H2,1H3,(H2,13,15)/t9-/m1/s1. The second-order valence-corrected chi connectivity index (χ2v) is 4.70. The summed E-state index contributed by atoms with van der Waals surface area (Å²) in [6.45, 7) is 5.67. The van der Waals surface area contributed by atoms with E-state index in [9.17, 15) is 0 Å². The normalized spacial score (nSPS) is 23.4. The smallest absolute Gasteiger partial charge is 0.173 e. The highest BCUT2D eigenvalue weighted by Crippen LogP contribution is 2.34. The summed E-state index contributed by atoms with van der Waals surface area (Å²) in [5.74, 6) is 2.39. The molecule has 3 heterocycles. The van der Waals surface area contributed by atoms with Gasteiger partial charge in [0.15, 0.2) is 11.6 Å². The molecule has 0 radical (unpaired) electrons. The van der Waals surface area contributed by atoms with Crippen LogP contribution in [0.25, 0.3) is 0 Å². The first-order valence-electron chi connectivity index (χ1n) is 6.13. The number of aryl methyl sites for hydroxylation is 1. The molecule has 0 saturated carbocycles. The first-order valence-corrected chi connectivity index (χ1v) is 6.13. The SMILES string of the molecule is Cc1cc2c(nc1N)N1CCNC[C@H]1CCO2. The van der Waals surface area contributed by atoms with Gasteiger partial charge in [-0.1, -0.05) is 0 Å². The van der Waals surface area contributed by atoms with Crippen LogP contribution in [-0.4, -0.2) is 37.3 Å². The molecule has 0 aromatic carbocycles. The van der Waals surface area contributed by atoms with E-state index < -0.39 is 0 Å². The summed E-state index contributed by atoms with van der Waals surface area (Å²) in [4.78, 5) is 6.84. The summed E-state index contributed by atoms with van der Waals surface area (Å²) in [5, 5.41) is 3.41. The average Bonchev–Trinajstić information content (AvgIpc) is 2.50. The molecule has 0 aliphatic carbocycles. The van der Waals surface area contributed by atoms with E-state index in [1.807, 2.05) is 13.0 Å². The van der Waals surface area contributed by atoms with Gasteiger partial charge in [-0.05, 0) is 18.6 Å². The molecular weight excluding hydrogens is 216 g/mol. The molecular formula is C12H18N4O. The van der Waals surface area contributed by atoms with Crippen LogP contribution in [0, 0.1) is 6.92 Å². The van der Waals surface area contributed by atoms with Gasteiger partial charge in [-0.15, -0.1) is 0 Å². The highest BCUT2D eigenvalue weighted by molar-refractivity contribution is 5.60. The van der Waals surface area contributed by atoms with E-state index in [-0.39, 0.29) is 0 Å². The van der Waals surface area contributed by atoms with Crippen LogP contribution in [0.4, 0.5) is 11.6 Å². The number of piperazine rings is 1. The number of nitrogens with zero attached hydrogens (tertiary/aromatic N) is 2. The predicted molar refractivity (Wildman–Crippen MR) is 67.5 cm³/mol. The summed E-state index contributed by atoms with van der Waals surface area (Å²) in [7, 11) is 0. The Morgan fingerprint density at radius 1 is 1.59 bits per heavy atom. The number of rotatable bonds is 0. The van der Waals surface area contributed by atoms with Gasteiger partial charge in [0.25, 0.3) is 0 Å². The monoisotopic (exact) mass is 234 g/mol. The van der Waals surface area contributed by atoms with Crippen molar-refractivity contribution in [1.29, 1.82) is 0 Å². The Balaban J connectivity index is 2.05. The van der Waals surface area contributed by atoms with Crippen molar-refractivity contribution in [1.82, 2.24) is 10.3 Å². The lowest BCUT2D eigenvalue weighted by molar-refractivity contribution is 0.303. The van der Waals surface area contributed by atoms with Gasteiger partial charge < -0.3 is 20.7 Å². The van der Waals surface area contributed by atoms with Crippen molar-refractivity contribution in [2.24, 2.45) is 0 Å². The minimum Gasteiger partial charge on any atom is -0.490 e. The fraction of sp³-hybridized carbons (Fsp3) is 0.583. The number of nitrogens with one attached hydrogen (secondary N) is 1. The Labute approximate surface area is 101 Å². The van der Waals surface area contributed by atoms with Gasteiger partial charge in [0, 0.05) is 32.1 Å². The van der Waals surface area contributed by atoms with Crippen molar-refractivity contribution in [3.8, 4) is 5.75 Å². The Bertz CT molecular complexity index is 435. The number of ether oxygens (including phenoxy) is 1. The Morgan fingerprint density at radius 3 is 3.35 bits per heavy atom. The van der Waals surface area contributed by atoms with Crippen molar-refractivity contribution < 1.29 is 4.74 Å². The molecule has 1 aromatic rings. The first-order chi connectivity index (χ1) is 8.25. The summed E-state index contributed by atoms with van der Waals surface area (Å²) in [5.41, 5.74) is 6.89. The average molecular weight is 234 g/mol. The lowest BCUT2D eigenvalue weighted by Gasteiger charge is -2.35. The summed E-state index contributed by atoms with van der Waals surface area (Å²) in [6, 6.07) is 2.47. The second kappa shape index (κ2) is 4.07. The first kappa shape index (κ1) is 10.7. The quantitative estimate of drug-likeness (QED) is 0.685. The summed E-state index contributed by atoms with van der Waals surface area (Å²) in [6.07, 6.45) is 1.03. The van der Waals surface area contributed by atoms with Crippen LogP contribution < -0.4 is 20.7 Å². The van der Waals surface area contributed by atoms with E-state index in [4.69, 9.17) is 10.5 Å². The molecule has 92 valence electrons. The van der Waals surface area contributed by atoms with E-state index in [2.05, 4.69) is 15.2 Å². The van der Waals surface area contributed by atoms with Crippen LogP contribution in [0.2, 0.25) is 0 Å². The van der Waals surface area contributed by atoms with Crippen molar-refractivity contribution in [2.75, 3.05) is 36.9 Å². The molecule has 3 rings (SSSR count). The van der Waals surface area contributed by atoms with Crippen molar-refractivity contribution in [2.45, 2.75) is 19.4 Å². The number of hydrogen-bond donors (Lipinski definition) is 2. The molecule has 1 saturated heterocycles. The molecule has 1 atom stereocenters. The Morgan fingerprint density at radius 2 is 2.47 bits per heavy atom. The van der Waals surface area contributed by atoms with Crippen molar-refractivity contribution >= 4 is 11.6 Å². The third kappa shape index (κ3) is 1.80. The van der Waals surface area contributed by atoms with Gasteiger partial charge in [-0.2, -0.15) is 0 Å². The molecule has 1 fully saturated rings. The second-order valence-electron chi connectivity index (χ2n) is 4.70. The third-order valence-electron chi connectivity index (χ3n) is 3.53. The van der Waals surface area contributed by atoms with Gasteiger partial charge in [0.1, 0.15) is 5.82 Å². The van der Waals surface area contributed by atoms with E-state index in [0.29, 0.717) is 11.9 Å². The van der Waals surface area contributed by atoms with Gasteiger partial charge in [0.05, 0.1) is 6.61 Å². The molecule has 5 nitrogen and oxygen atoms in total. The molecule has 0 unspecified atom stereocenters. The lowest BCUT2D eigenvalue weighted by atomic mass is 10.1. The van der Waals surface area contributed by atoms with Crippen LogP contribution >= 0.6 is 0 Å². The largest absolute Gasteiger partial charge is 0.490 e. The number of aromatic nitrogens is 1. The zero-order valence-electron chi connectivity index (χ0n) is 10.1. The molecule has 17 heavy (non-hydrogen) atoms. The molecule has 1 aromatic heterocycles. The van der Waals surface area contributed by atoms with E-state index in [1.165, 1.54) is 0 Å². The third-order valence-corrected chi connectivity index (χ3v) is 3.53. The van der Waals surface area contributed by atoms with E-state index >= 15 is 0 Å². The number of hydrogen-bond acceptors (Lipinski definition) is 5. The van der Waals surface area contributed by atoms with E-state index in [1.54, 1.807) is 0 Å². The van der Waals surface area contributed by atoms with Crippen molar-refractivity contribution in [3.63, 3.8) is 0 Å². The number of nitrogen functional groups attached to an aromatic ring is 1. The number of anilines is 2. The Kier molecular flexibility index (Phi) is 2.55. The molecule has 0 amide bonds. The predicted octanol–water partition coefficient (Wildman–Crippen LogP) is 0.533. The molecule has 3 N–H and O–H groups in total. The van der Waals surface area contributed by atoms with Crippen LogP contribution in [0.15, 0.2) is 6.07 Å². The fourth-order valence-electron chi connectivity index (χ4n) is 2.51. The fourth-order valence-corrected chi connectivity index (χ4v) is 2.51. The van der Waals surface area contributed by atoms with Gasteiger partial charge in [-0.3, -0.25) is 0 Å². The van der Waals surface area contributed by atoms with Crippen LogP contribution in [0.3, 0.4) is 0 Å². The van der Waals surface area contributed by atoms with Crippen LogP contribution in [-0.2, 0) is 0 Å². The van der Waals surface area contributed by atoms with E-state index in [0.717, 1.165) is 49.8 Å². The molecule has 5 heteroatoms. The highest BCUT2D eigenvalue weighted by atomic mass is 16.5. The molecule has 2 aliphatic heterocycles. The van der Waals surface area contributed by atoms with Crippen LogP contribution in [0.5, 0.6) is 5.75 Å². The Hall–Kier alpha value is -1.49.